The van der Waals surface area contributed by atoms with Crippen LogP contribution in [-0.4, -0.2) is 15.4 Å². The molecule has 1 heterocycles. The number of alkyl halides is 1. The predicted octanol–water partition coefficient (Wildman–Crippen LogP) is 5.72. The Bertz CT molecular complexity index is 814. The van der Waals surface area contributed by atoms with Crippen molar-refractivity contribution in [1.29, 1.82) is 0 Å². The van der Waals surface area contributed by atoms with Crippen molar-refractivity contribution in [2.75, 3.05) is 5.88 Å². The van der Waals surface area contributed by atoms with Crippen molar-refractivity contribution >= 4 is 68.4 Å². The van der Waals surface area contributed by atoms with E-state index in [-0.39, 0.29) is 0 Å². The summed E-state index contributed by atoms with van der Waals surface area (Å²) in [5.41, 5.74) is 2.72. The van der Waals surface area contributed by atoms with Crippen LogP contribution in [0.1, 0.15) is 5.82 Å². The Balaban J connectivity index is 2.30. The number of imidazole rings is 1. The Hall–Kier alpha value is -0.490. The van der Waals surface area contributed by atoms with Gasteiger partial charge in [-0.05, 0) is 59.0 Å². The van der Waals surface area contributed by atoms with Crippen LogP contribution in [0.2, 0.25) is 10.0 Å². The summed E-state index contributed by atoms with van der Waals surface area (Å²) in [6, 6.07) is 11.6. The third-order valence-corrected chi connectivity index (χ3v) is 4.55. The molecule has 1 aromatic heterocycles. The second-order valence-corrected chi connectivity index (χ2v) is 7.00. The number of hydrogen-bond donors (Lipinski definition) is 0. The van der Waals surface area contributed by atoms with Gasteiger partial charge in [-0.3, -0.25) is 4.57 Å². The fourth-order valence-corrected chi connectivity index (χ4v) is 3.56. The van der Waals surface area contributed by atoms with E-state index in [0.29, 0.717) is 22.3 Å². The molecule has 0 bridgehead atoms. The first-order chi connectivity index (χ1) is 10.1. The van der Waals surface area contributed by atoms with E-state index in [0.717, 1.165) is 26.1 Å². The number of aromatic nitrogens is 2. The van der Waals surface area contributed by atoms with Crippen molar-refractivity contribution in [2.24, 2.45) is 0 Å². The van der Waals surface area contributed by atoms with Crippen LogP contribution in [0.15, 0.2) is 36.4 Å². The van der Waals surface area contributed by atoms with E-state index in [9.17, 15) is 0 Å². The minimum absolute atomic E-state index is 0.499. The molecule has 0 unspecified atom stereocenters. The molecule has 0 fully saturated rings. The molecule has 0 aliphatic carbocycles. The molecule has 0 saturated heterocycles. The third-order valence-electron chi connectivity index (χ3n) is 3.15. The molecule has 3 aromatic rings. The minimum Gasteiger partial charge on any atom is -0.295 e. The van der Waals surface area contributed by atoms with Gasteiger partial charge in [0, 0.05) is 20.9 Å². The maximum atomic E-state index is 6.41. The quantitative estimate of drug-likeness (QED) is 0.368. The maximum Gasteiger partial charge on any atom is 0.115 e. The van der Waals surface area contributed by atoms with Crippen LogP contribution in [0, 0.1) is 3.57 Å². The van der Waals surface area contributed by atoms with E-state index >= 15 is 0 Å². The topological polar surface area (TPSA) is 17.8 Å². The average molecular weight is 452 g/mol. The zero-order chi connectivity index (χ0) is 15.0. The molecular weight excluding hydrogens is 441 g/mol. The summed E-state index contributed by atoms with van der Waals surface area (Å²) in [4.78, 5) is 4.64. The van der Waals surface area contributed by atoms with Crippen molar-refractivity contribution in [3.8, 4) is 5.69 Å². The largest absolute Gasteiger partial charge is 0.295 e. The van der Waals surface area contributed by atoms with Crippen LogP contribution in [-0.2, 0) is 6.42 Å². The second kappa shape index (κ2) is 6.32. The highest BCUT2D eigenvalue weighted by Gasteiger charge is 2.14. The van der Waals surface area contributed by atoms with E-state index < -0.39 is 0 Å². The summed E-state index contributed by atoms with van der Waals surface area (Å²) in [5.74, 6) is 1.38. The molecule has 0 saturated carbocycles. The Labute approximate surface area is 151 Å². The Kier molecular flexibility index (Phi) is 4.64. The number of fused-ring (bicyclic) bond motifs is 1. The Morgan fingerprint density at radius 3 is 2.62 bits per heavy atom. The van der Waals surface area contributed by atoms with Gasteiger partial charge in [0.1, 0.15) is 5.82 Å². The molecular formula is C15H10Cl3IN2. The van der Waals surface area contributed by atoms with E-state index in [1.54, 1.807) is 0 Å². The van der Waals surface area contributed by atoms with Gasteiger partial charge < -0.3 is 0 Å². The normalized spacial score (nSPS) is 11.2. The van der Waals surface area contributed by atoms with Crippen LogP contribution < -0.4 is 0 Å². The molecule has 108 valence electrons. The van der Waals surface area contributed by atoms with Crippen LogP contribution >= 0.6 is 57.4 Å². The van der Waals surface area contributed by atoms with Crippen LogP contribution in [0.5, 0.6) is 0 Å². The lowest BCUT2D eigenvalue weighted by atomic mass is 10.2. The van der Waals surface area contributed by atoms with Crippen molar-refractivity contribution in [2.45, 2.75) is 6.42 Å². The van der Waals surface area contributed by atoms with E-state index in [1.165, 1.54) is 0 Å². The minimum atomic E-state index is 0.499. The monoisotopic (exact) mass is 450 g/mol. The van der Waals surface area contributed by atoms with Gasteiger partial charge in [-0.25, -0.2) is 4.98 Å². The Morgan fingerprint density at radius 1 is 1.10 bits per heavy atom. The lowest BCUT2D eigenvalue weighted by Crippen LogP contribution is -2.03. The molecule has 0 atom stereocenters. The summed E-state index contributed by atoms with van der Waals surface area (Å²) in [7, 11) is 0. The molecule has 21 heavy (non-hydrogen) atoms. The molecule has 0 aliphatic heterocycles. The number of benzene rings is 2. The average Bonchev–Trinajstić information content (AvgIpc) is 2.76. The fraction of sp³-hybridized carbons (Fsp3) is 0.133. The predicted molar refractivity (Wildman–Crippen MR) is 98.2 cm³/mol. The van der Waals surface area contributed by atoms with Gasteiger partial charge >= 0.3 is 0 Å². The number of nitrogens with zero attached hydrogens (tertiary/aromatic N) is 2. The lowest BCUT2D eigenvalue weighted by molar-refractivity contribution is 0.912. The zero-order valence-electron chi connectivity index (χ0n) is 10.8. The molecule has 0 N–H and O–H groups in total. The van der Waals surface area contributed by atoms with Crippen molar-refractivity contribution in [3.63, 3.8) is 0 Å². The lowest BCUT2D eigenvalue weighted by Gasteiger charge is -2.11. The van der Waals surface area contributed by atoms with Gasteiger partial charge in [-0.2, -0.15) is 0 Å². The molecule has 0 aliphatic rings. The van der Waals surface area contributed by atoms with E-state index in [4.69, 9.17) is 34.8 Å². The molecule has 3 rings (SSSR count). The standard InChI is InChI=1S/C15H10Cl3IN2/c16-6-5-15-20-12-7-9(17)1-3-14(12)21(15)13-4-2-10(19)8-11(13)18/h1-4,7-8H,5-6H2. The molecule has 2 nitrogen and oxygen atoms in total. The fourth-order valence-electron chi connectivity index (χ4n) is 2.29. The highest BCUT2D eigenvalue weighted by Crippen LogP contribution is 2.29. The van der Waals surface area contributed by atoms with Crippen molar-refractivity contribution in [1.82, 2.24) is 9.55 Å². The van der Waals surface area contributed by atoms with E-state index in [2.05, 4.69) is 27.6 Å². The SMILES string of the molecule is ClCCc1nc2cc(Cl)ccc2n1-c1ccc(I)cc1Cl. The first kappa shape index (κ1) is 15.4. The molecule has 6 heteroatoms. The maximum absolute atomic E-state index is 6.41. The van der Waals surface area contributed by atoms with Crippen molar-refractivity contribution < 1.29 is 0 Å². The molecule has 0 amide bonds. The van der Waals surface area contributed by atoms with Gasteiger partial charge in [0.05, 0.1) is 21.7 Å². The number of halogens is 4. The van der Waals surface area contributed by atoms with Crippen LogP contribution in [0.3, 0.4) is 0 Å². The van der Waals surface area contributed by atoms with Gasteiger partial charge in [-0.15, -0.1) is 11.6 Å². The summed E-state index contributed by atoms with van der Waals surface area (Å²) in [6.07, 6.45) is 0.663. The number of hydrogen-bond acceptors (Lipinski definition) is 1. The summed E-state index contributed by atoms with van der Waals surface area (Å²) < 4.78 is 3.14. The molecule has 0 radical (unpaired) electrons. The first-order valence-corrected chi connectivity index (χ1v) is 8.65. The van der Waals surface area contributed by atoms with Crippen LogP contribution in [0.25, 0.3) is 16.7 Å². The summed E-state index contributed by atoms with van der Waals surface area (Å²) in [6.45, 7) is 0. The zero-order valence-corrected chi connectivity index (χ0v) is 15.2. The summed E-state index contributed by atoms with van der Waals surface area (Å²) >= 11 is 20.6. The Morgan fingerprint density at radius 2 is 1.90 bits per heavy atom. The second-order valence-electron chi connectivity index (χ2n) is 4.53. The van der Waals surface area contributed by atoms with Gasteiger partial charge in [-0.1, -0.05) is 23.2 Å². The van der Waals surface area contributed by atoms with Crippen LogP contribution in [0.4, 0.5) is 0 Å². The van der Waals surface area contributed by atoms with Crippen molar-refractivity contribution in [3.05, 3.63) is 55.8 Å². The van der Waals surface area contributed by atoms with Gasteiger partial charge in [0.15, 0.2) is 0 Å². The smallest absolute Gasteiger partial charge is 0.115 e. The molecule has 0 spiro atoms. The summed E-state index contributed by atoms with van der Waals surface area (Å²) in [5, 5.41) is 1.35. The highest BCUT2D eigenvalue weighted by molar-refractivity contribution is 14.1. The highest BCUT2D eigenvalue weighted by atomic mass is 127. The van der Waals surface area contributed by atoms with E-state index in [1.807, 2.05) is 41.0 Å². The number of rotatable bonds is 3. The third kappa shape index (κ3) is 3.02. The van der Waals surface area contributed by atoms with Gasteiger partial charge in [0.2, 0.25) is 0 Å². The number of aryl methyl sites for hydroxylation is 1. The van der Waals surface area contributed by atoms with Gasteiger partial charge in [0.25, 0.3) is 0 Å². The first-order valence-electron chi connectivity index (χ1n) is 6.28. The molecule has 2 aromatic carbocycles.